The number of carboxylic acids is 1. The number of nitrogens with zero attached hydrogens (tertiary/aromatic N) is 2. The second kappa shape index (κ2) is 4.32. The average molecular weight is 236 g/mol. The third kappa shape index (κ3) is 2.01. The number of rotatable bonds is 4. The minimum atomic E-state index is -1.13. The summed E-state index contributed by atoms with van der Waals surface area (Å²) in [6, 6.07) is 1.55. The molecule has 0 aliphatic heterocycles. The highest BCUT2D eigenvalue weighted by Gasteiger charge is 2.15. The van der Waals surface area contributed by atoms with Crippen molar-refractivity contribution in [1.29, 1.82) is 0 Å². The van der Waals surface area contributed by atoms with E-state index in [2.05, 4.69) is 0 Å². The highest BCUT2D eigenvalue weighted by Crippen LogP contribution is 2.11. The summed E-state index contributed by atoms with van der Waals surface area (Å²) in [6.07, 6.45) is 4.61. The molecule has 0 saturated heterocycles. The van der Waals surface area contributed by atoms with Gasteiger partial charge in [0.15, 0.2) is 0 Å². The highest BCUT2D eigenvalue weighted by molar-refractivity contribution is 5.86. The summed E-state index contributed by atoms with van der Waals surface area (Å²) in [4.78, 5) is 22.6. The number of aromatic carboxylic acids is 1. The first-order chi connectivity index (χ1) is 8.13. The third-order valence-electron chi connectivity index (χ3n) is 2.54. The third-order valence-corrected chi connectivity index (χ3v) is 2.54. The largest absolute Gasteiger partial charge is 0.475 e. The molecule has 0 bridgehead atoms. The minimum absolute atomic E-state index is 0.124. The van der Waals surface area contributed by atoms with Crippen LogP contribution in [0, 0.1) is 0 Å². The summed E-state index contributed by atoms with van der Waals surface area (Å²) in [5.41, 5.74) is 0.318. The van der Waals surface area contributed by atoms with E-state index in [1.807, 2.05) is 6.92 Å². The van der Waals surface area contributed by atoms with Gasteiger partial charge in [0.25, 0.3) is 0 Å². The molecule has 2 aromatic heterocycles. The maximum atomic E-state index is 11.8. The normalized spacial score (nSPS) is 10.6. The molecule has 17 heavy (non-hydrogen) atoms. The summed E-state index contributed by atoms with van der Waals surface area (Å²) in [5.74, 6) is -1.26. The molecular weight excluding hydrogens is 224 g/mol. The molecule has 0 aliphatic rings. The van der Waals surface area contributed by atoms with Crippen LogP contribution in [0.3, 0.4) is 0 Å². The van der Waals surface area contributed by atoms with E-state index in [1.165, 1.54) is 10.8 Å². The Morgan fingerprint density at radius 3 is 2.71 bits per heavy atom. The first kappa shape index (κ1) is 11.3. The average Bonchev–Trinajstić information content (AvgIpc) is 2.88. The summed E-state index contributed by atoms with van der Waals surface area (Å²) in [6.45, 7) is 2.65. The van der Waals surface area contributed by atoms with Gasteiger partial charge < -0.3 is 9.52 Å². The van der Waals surface area contributed by atoms with E-state index in [4.69, 9.17) is 9.52 Å². The van der Waals surface area contributed by atoms with Gasteiger partial charge in [-0.25, -0.2) is 9.59 Å². The SMILES string of the molecule is CCn1ccn(Cc2ccoc2C(=O)O)c1=O. The van der Waals surface area contributed by atoms with Crippen LogP contribution in [0.1, 0.15) is 23.0 Å². The lowest BCUT2D eigenvalue weighted by atomic mass is 10.2. The van der Waals surface area contributed by atoms with Gasteiger partial charge in [-0.3, -0.25) is 9.13 Å². The van der Waals surface area contributed by atoms with E-state index < -0.39 is 5.97 Å². The van der Waals surface area contributed by atoms with Gasteiger partial charge in [-0.1, -0.05) is 0 Å². The number of carboxylic acid groups (broad SMARTS) is 1. The first-order valence-corrected chi connectivity index (χ1v) is 5.18. The number of aromatic nitrogens is 2. The molecule has 0 fully saturated rings. The van der Waals surface area contributed by atoms with Crippen LogP contribution >= 0.6 is 0 Å². The summed E-state index contributed by atoms with van der Waals surface area (Å²) in [7, 11) is 0. The van der Waals surface area contributed by atoms with Crippen molar-refractivity contribution in [3.8, 4) is 0 Å². The first-order valence-electron chi connectivity index (χ1n) is 5.18. The molecule has 0 amide bonds. The Morgan fingerprint density at radius 1 is 1.41 bits per heavy atom. The van der Waals surface area contributed by atoms with E-state index >= 15 is 0 Å². The lowest BCUT2D eigenvalue weighted by Crippen LogP contribution is -2.24. The van der Waals surface area contributed by atoms with Crippen molar-refractivity contribution < 1.29 is 14.3 Å². The van der Waals surface area contributed by atoms with Crippen LogP contribution in [0.2, 0.25) is 0 Å². The molecule has 0 spiro atoms. The van der Waals surface area contributed by atoms with Gasteiger partial charge in [0.05, 0.1) is 12.8 Å². The number of hydrogen-bond donors (Lipinski definition) is 1. The molecule has 0 aromatic carbocycles. The molecule has 2 heterocycles. The number of hydrogen-bond acceptors (Lipinski definition) is 3. The van der Waals surface area contributed by atoms with Gasteiger partial charge in [-0.2, -0.15) is 0 Å². The zero-order valence-corrected chi connectivity index (χ0v) is 9.29. The molecule has 90 valence electrons. The smallest absolute Gasteiger partial charge is 0.372 e. The van der Waals surface area contributed by atoms with E-state index in [0.717, 1.165) is 0 Å². The van der Waals surface area contributed by atoms with Crippen molar-refractivity contribution in [2.75, 3.05) is 0 Å². The van der Waals surface area contributed by atoms with Crippen LogP contribution in [0.4, 0.5) is 0 Å². The number of imidazole rings is 1. The molecule has 1 N–H and O–H groups in total. The molecule has 0 radical (unpaired) electrons. The fourth-order valence-corrected chi connectivity index (χ4v) is 1.65. The molecule has 0 unspecified atom stereocenters. The topological polar surface area (TPSA) is 77.4 Å². The van der Waals surface area contributed by atoms with Gasteiger partial charge in [0, 0.05) is 24.5 Å². The van der Waals surface area contributed by atoms with Gasteiger partial charge in [0.2, 0.25) is 5.76 Å². The van der Waals surface area contributed by atoms with Gasteiger partial charge >= 0.3 is 11.7 Å². The Labute approximate surface area is 96.7 Å². The zero-order chi connectivity index (χ0) is 12.4. The van der Waals surface area contributed by atoms with Crippen LogP contribution in [0.15, 0.2) is 33.9 Å². The van der Waals surface area contributed by atoms with E-state index in [-0.39, 0.29) is 18.0 Å². The molecule has 0 aliphatic carbocycles. The summed E-state index contributed by atoms with van der Waals surface area (Å²) >= 11 is 0. The monoisotopic (exact) mass is 236 g/mol. The van der Waals surface area contributed by atoms with Gasteiger partial charge in [-0.15, -0.1) is 0 Å². The van der Waals surface area contributed by atoms with Gasteiger partial charge in [-0.05, 0) is 13.0 Å². The van der Waals surface area contributed by atoms with Crippen molar-refractivity contribution in [2.24, 2.45) is 0 Å². The molecule has 2 aromatic rings. The van der Waals surface area contributed by atoms with Crippen molar-refractivity contribution in [3.63, 3.8) is 0 Å². The van der Waals surface area contributed by atoms with E-state index in [1.54, 1.807) is 23.0 Å². The lowest BCUT2D eigenvalue weighted by molar-refractivity contribution is 0.0660. The van der Waals surface area contributed by atoms with Crippen LogP contribution in [-0.4, -0.2) is 20.2 Å². The van der Waals surface area contributed by atoms with Gasteiger partial charge in [0.1, 0.15) is 0 Å². The fraction of sp³-hybridized carbons (Fsp3) is 0.273. The van der Waals surface area contributed by atoms with Crippen molar-refractivity contribution >= 4 is 5.97 Å². The Bertz CT molecular complexity index is 591. The van der Waals surface area contributed by atoms with Crippen molar-refractivity contribution in [2.45, 2.75) is 20.0 Å². The number of aryl methyl sites for hydroxylation is 1. The Hall–Kier alpha value is -2.24. The molecule has 0 atom stereocenters. The summed E-state index contributed by atoms with van der Waals surface area (Å²) < 4.78 is 7.84. The quantitative estimate of drug-likeness (QED) is 0.859. The molecule has 0 saturated carbocycles. The predicted octanol–water partition coefficient (Wildman–Crippen LogP) is 1.01. The van der Waals surface area contributed by atoms with Crippen LogP contribution in [0.25, 0.3) is 0 Å². The fourth-order valence-electron chi connectivity index (χ4n) is 1.65. The molecular formula is C11H12N2O4. The maximum absolute atomic E-state index is 11.8. The minimum Gasteiger partial charge on any atom is -0.475 e. The van der Waals surface area contributed by atoms with E-state index in [0.29, 0.717) is 12.1 Å². The standard InChI is InChI=1S/C11H12N2O4/c1-2-12-4-5-13(11(12)16)7-8-3-6-17-9(8)10(14)15/h3-6H,2,7H2,1H3,(H,14,15). The Kier molecular flexibility index (Phi) is 2.86. The second-order valence-corrected chi connectivity index (χ2v) is 3.57. The predicted molar refractivity (Wildman–Crippen MR) is 59.1 cm³/mol. The van der Waals surface area contributed by atoms with Crippen LogP contribution in [-0.2, 0) is 13.1 Å². The molecule has 6 nitrogen and oxygen atoms in total. The Balaban J connectivity index is 2.32. The zero-order valence-electron chi connectivity index (χ0n) is 9.29. The molecule has 6 heteroatoms. The number of furan rings is 1. The van der Waals surface area contributed by atoms with E-state index in [9.17, 15) is 9.59 Å². The number of carbonyl (C=O) groups is 1. The van der Waals surface area contributed by atoms with Crippen molar-refractivity contribution in [1.82, 2.24) is 9.13 Å². The molecule has 2 rings (SSSR count). The maximum Gasteiger partial charge on any atom is 0.372 e. The Morgan fingerprint density at radius 2 is 2.12 bits per heavy atom. The van der Waals surface area contributed by atoms with Crippen LogP contribution < -0.4 is 5.69 Å². The van der Waals surface area contributed by atoms with Crippen molar-refractivity contribution in [3.05, 3.63) is 46.5 Å². The second-order valence-electron chi connectivity index (χ2n) is 3.57. The van der Waals surface area contributed by atoms with Crippen LogP contribution in [0.5, 0.6) is 0 Å². The lowest BCUT2D eigenvalue weighted by Gasteiger charge is -2.00. The highest BCUT2D eigenvalue weighted by atomic mass is 16.4. The summed E-state index contributed by atoms with van der Waals surface area (Å²) in [5, 5.41) is 8.87.